The number of rotatable bonds is 3. The van der Waals surface area contributed by atoms with Gasteiger partial charge in [-0.25, -0.2) is 4.68 Å². The van der Waals surface area contributed by atoms with Gasteiger partial charge in [-0.1, -0.05) is 0 Å². The van der Waals surface area contributed by atoms with E-state index in [1.165, 1.54) is 0 Å². The van der Waals surface area contributed by atoms with E-state index < -0.39 is 10.8 Å². The van der Waals surface area contributed by atoms with Crippen molar-refractivity contribution in [1.29, 1.82) is 0 Å². The summed E-state index contributed by atoms with van der Waals surface area (Å²) in [6.45, 7) is 0. The fraction of sp³-hybridized carbons (Fsp3) is 0.462. The summed E-state index contributed by atoms with van der Waals surface area (Å²) in [5, 5.41) is 12.0. The number of hydrogen-bond acceptors (Lipinski definition) is 6. The molecule has 0 amide bonds. The maximum absolute atomic E-state index is 11.5. The van der Waals surface area contributed by atoms with Crippen molar-refractivity contribution in [2.45, 2.75) is 18.9 Å². The van der Waals surface area contributed by atoms with Crippen LogP contribution in [-0.4, -0.2) is 43.0 Å². The fourth-order valence-electron chi connectivity index (χ4n) is 2.52. The summed E-state index contributed by atoms with van der Waals surface area (Å²) in [7, 11) is 0.891. The summed E-state index contributed by atoms with van der Waals surface area (Å²) in [6.07, 6.45) is 1.65. The van der Waals surface area contributed by atoms with Gasteiger partial charge >= 0.3 is 0 Å². The molecule has 0 aliphatic carbocycles. The fourth-order valence-corrected chi connectivity index (χ4v) is 3.80. The first-order chi connectivity index (χ1) is 10.2. The Morgan fingerprint density at radius 2 is 2.10 bits per heavy atom. The topological polar surface area (TPSA) is 95.9 Å². The Labute approximate surface area is 124 Å². The number of nitrogens with zero attached hydrogens (tertiary/aromatic N) is 4. The number of aromatic nitrogens is 4. The molecule has 8 heteroatoms. The molecular formula is C13H17N5O2S. The van der Waals surface area contributed by atoms with Crippen LogP contribution in [0.2, 0.25) is 0 Å². The van der Waals surface area contributed by atoms with Crippen molar-refractivity contribution in [3.63, 3.8) is 0 Å². The van der Waals surface area contributed by atoms with E-state index in [1.54, 1.807) is 13.2 Å². The predicted molar refractivity (Wildman–Crippen MR) is 80.4 cm³/mol. The average Bonchev–Trinajstić information content (AvgIpc) is 2.97. The minimum atomic E-state index is -0.704. The van der Waals surface area contributed by atoms with Crippen LogP contribution in [0.5, 0.6) is 5.75 Å². The second-order valence-electron chi connectivity index (χ2n) is 5.02. The van der Waals surface area contributed by atoms with E-state index in [4.69, 9.17) is 10.5 Å². The van der Waals surface area contributed by atoms with E-state index >= 15 is 0 Å². The number of anilines is 1. The SMILES string of the molecule is COc1cc(N)cc(-c2nnnn2C2CCS(=O)CC2)c1. The summed E-state index contributed by atoms with van der Waals surface area (Å²) in [5.41, 5.74) is 7.31. The Bertz CT molecular complexity index is 662. The zero-order chi connectivity index (χ0) is 14.8. The van der Waals surface area contributed by atoms with Crippen molar-refractivity contribution in [3.05, 3.63) is 18.2 Å². The lowest BCUT2D eigenvalue weighted by Gasteiger charge is -2.22. The molecule has 112 valence electrons. The van der Waals surface area contributed by atoms with Gasteiger partial charge in [0, 0.05) is 39.6 Å². The van der Waals surface area contributed by atoms with Crippen LogP contribution in [0.15, 0.2) is 18.2 Å². The quantitative estimate of drug-likeness (QED) is 0.850. The zero-order valence-corrected chi connectivity index (χ0v) is 12.5. The van der Waals surface area contributed by atoms with E-state index in [1.807, 2.05) is 16.8 Å². The molecule has 1 saturated heterocycles. The number of tetrazole rings is 1. The van der Waals surface area contributed by atoms with Gasteiger partial charge in [0.2, 0.25) is 0 Å². The molecule has 2 N–H and O–H groups in total. The molecule has 0 radical (unpaired) electrons. The summed E-state index contributed by atoms with van der Waals surface area (Å²) in [6, 6.07) is 5.62. The Morgan fingerprint density at radius 3 is 2.81 bits per heavy atom. The molecule has 2 aromatic rings. The monoisotopic (exact) mass is 307 g/mol. The molecule has 1 aromatic heterocycles. The Morgan fingerprint density at radius 1 is 1.33 bits per heavy atom. The molecule has 1 aliphatic heterocycles. The first kappa shape index (κ1) is 14.0. The highest BCUT2D eigenvalue weighted by molar-refractivity contribution is 7.85. The van der Waals surface area contributed by atoms with Gasteiger partial charge in [-0.15, -0.1) is 5.10 Å². The number of ether oxygens (including phenoxy) is 1. The van der Waals surface area contributed by atoms with Gasteiger partial charge in [0.25, 0.3) is 0 Å². The van der Waals surface area contributed by atoms with Gasteiger partial charge in [-0.3, -0.25) is 4.21 Å². The number of nitrogens with two attached hydrogens (primary N) is 1. The largest absolute Gasteiger partial charge is 0.497 e. The minimum Gasteiger partial charge on any atom is -0.497 e. The smallest absolute Gasteiger partial charge is 0.182 e. The van der Waals surface area contributed by atoms with Crippen molar-refractivity contribution in [1.82, 2.24) is 20.2 Å². The average molecular weight is 307 g/mol. The van der Waals surface area contributed by atoms with Crippen molar-refractivity contribution in [3.8, 4) is 17.1 Å². The van der Waals surface area contributed by atoms with Crippen LogP contribution in [0, 0.1) is 0 Å². The van der Waals surface area contributed by atoms with Crippen LogP contribution in [0.25, 0.3) is 11.4 Å². The van der Waals surface area contributed by atoms with Gasteiger partial charge in [0.1, 0.15) is 5.75 Å². The van der Waals surface area contributed by atoms with Crippen molar-refractivity contribution >= 4 is 16.5 Å². The minimum absolute atomic E-state index is 0.181. The summed E-state index contributed by atoms with van der Waals surface area (Å²) < 4.78 is 18.5. The molecule has 0 spiro atoms. The third kappa shape index (κ3) is 2.90. The first-order valence-corrected chi connectivity index (χ1v) is 8.24. The molecule has 7 nitrogen and oxygen atoms in total. The van der Waals surface area contributed by atoms with Gasteiger partial charge in [-0.2, -0.15) is 0 Å². The van der Waals surface area contributed by atoms with Crippen LogP contribution in [0.3, 0.4) is 0 Å². The van der Waals surface area contributed by atoms with Crippen LogP contribution in [0.4, 0.5) is 5.69 Å². The first-order valence-electron chi connectivity index (χ1n) is 6.75. The highest BCUT2D eigenvalue weighted by Gasteiger charge is 2.24. The zero-order valence-electron chi connectivity index (χ0n) is 11.7. The predicted octanol–water partition coefficient (Wildman–Crippen LogP) is 1.01. The Balaban J connectivity index is 1.95. The highest BCUT2D eigenvalue weighted by Crippen LogP contribution is 2.29. The number of hydrogen-bond donors (Lipinski definition) is 1. The van der Waals surface area contributed by atoms with Crippen LogP contribution in [0.1, 0.15) is 18.9 Å². The van der Waals surface area contributed by atoms with Crippen molar-refractivity contribution in [2.24, 2.45) is 0 Å². The summed E-state index contributed by atoms with van der Waals surface area (Å²) >= 11 is 0. The molecule has 0 unspecified atom stereocenters. The Hall–Kier alpha value is -1.96. The number of nitrogen functional groups attached to an aromatic ring is 1. The lowest BCUT2D eigenvalue weighted by molar-refractivity contribution is 0.412. The second-order valence-corrected chi connectivity index (χ2v) is 6.72. The van der Waals surface area contributed by atoms with E-state index in [0.29, 0.717) is 28.8 Å². The maximum atomic E-state index is 11.5. The highest BCUT2D eigenvalue weighted by atomic mass is 32.2. The molecule has 0 saturated carbocycles. The van der Waals surface area contributed by atoms with E-state index in [9.17, 15) is 4.21 Å². The second kappa shape index (κ2) is 5.80. The standard InChI is InChI=1S/C13H17N5O2S/c1-20-12-7-9(6-10(14)8-12)13-15-16-17-18(13)11-2-4-21(19)5-3-11/h6-8,11H,2-5,14H2,1H3. The number of methoxy groups -OCH3 is 1. The molecular weight excluding hydrogens is 290 g/mol. The maximum Gasteiger partial charge on any atom is 0.182 e. The third-order valence-corrected chi connectivity index (χ3v) is 5.00. The lowest BCUT2D eigenvalue weighted by Crippen LogP contribution is -2.23. The molecule has 2 heterocycles. The normalized spacial score (nSPS) is 22.1. The molecule has 1 fully saturated rings. The van der Waals surface area contributed by atoms with Crippen LogP contribution >= 0.6 is 0 Å². The number of benzene rings is 1. The van der Waals surface area contributed by atoms with Crippen molar-refractivity contribution in [2.75, 3.05) is 24.3 Å². The molecule has 1 aliphatic rings. The molecule has 3 rings (SSSR count). The Kier molecular flexibility index (Phi) is 3.87. The summed E-state index contributed by atoms with van der Waals surface area (Å²) in [5.74, 6) is 2.73. The summed E-state index contributed by atoms with van der Waals surface area (Å²) in [4.78, 5) is 0. The molecule has 0 bridgehead atoms. The third-order valence-electron chi connectivity index (χ3n) is 3.62. The van der Waals surface area contributed by atoms with E-state index in [0.717, 1.165) is 18.4 Å². The van der Waals surface area contributed by atoms with Gasteiger partial charge in [0.05, 0.1) is 13.2 Å². The molecule has 0 atom stereocenters. The van der Waals surface area contributed by atoms with Gasteiger partial charge in [0.15, 0.2) is 5.82 Å². The lowest BCUT2D eigenvalue weighted by atomic mass is 10.1. The molecule has 21 heavy (non-hydrogen) atoms. The van der Waals surface area contributed by atoms with Gasteiger partial charge < -0.3 is 10.5 Å². The van der Waals surface area contributed by atoms with Gasteiger partial charge in [-0.05, 0) is 35.4 Å². The van der Waals surface area contributed by atoms with Crippen LogP contribution < -0.4 is 10.5 Å². The van der Waals surface area contributed by atoms with E-state index in [2.05, 4.69) is 15.5 Å². The van der Waals surface area contributed by atoms with E-state index in [-0.39, 0.29) is 6.04 Å². The van der Waals surface area contributed by atoms with Crippen molar-refractivity contribution < 1.29 is 8.95 Å². The van der Waals surface area contributed by atoms with Crippen LogP contribution in [-0.2, 0) is 10.8 Å². The molecule has 1 aromatic carbocycles.